The molecular formula is C28H26O3. The third kappa shape index (κ3) is 6.13. The van der Waals surface area contributed by atoms with Gasteiger partial charge >= 0.3 is 0 Å². The lowest BCUT2D eigenvalue weighted by Gasteiger charge is -2.09. The Hall–Kier alpha value is -3.72. The molecule has 0 atom stereocenters. The number of aromatic hydroxyl groups is 2. The number of ether oxygens (including phenoxy) is 1. The van der Waals surface area contributed by atoms with Gasteiger partial charge in [-0.05, 0) is 96.5 Å². The molecule has 2 N–H and O–H groups in total. The van der Waals surface area contributed by atoms with Crippen LogP contribution in [0.5, 0.6) is 23.0 Å². The van der Waals surface area contributed by atoms with E-state index in [0.717, 1.165) is 37.2 Å². The molecule has 0 amide bonds. The van der Waals surface area contributed by atoms with Crippen molar-refractivity contribution in [2.24, 2.45) is 0 Å². The highest BCUT2D eigenvalue weighted by molar-refractivity contribution is 5.36. The molecule has 4 aromatic rings. The van der Waals surface area contributed by atoms with Gasteiger partial charge in [0, 0.05) is 0 Å². The fraction of sp³-hybridized carbons (Fsp3) is 0.143. The maximum atomic E-state index is 9.40. The molecular weight excluding hydrogens is 384 g/mol. The molecule has 0 saturated carbocycles. The smallest absolute Gasteiger partial charge is 0.127 e. The van der Waals surface area contributed by atoms with Gasteiger partial charge < -0.3 is 14.9 Å². The summed E-state index contributed by atoms with van der Waals surface area (Å²) in [6.07, 6.45) is 3.71. The van der Waals surface area contributed by atoms with Crippen LogP contribution >= 0.6 is 0 Å². The first kappa shape index (κ1) is 20.5. The van der Waals surface area contributed by atoms with E-state index >= 15 is 0 Å². The Bertz CT molecular complexity index is 1100. The summed E-state index contributed by atoms with van der Waals surface area (Å²) in [5.74, 6) is 2.25. The number of hydrogen-bond acceptors (Lipinski definition) is 3. The molecule has 31 heavy (non-hydrogen) atoms. The zero-order valence-corrected chi connectivity index (χ0v) is 17.4. The van der Waals surface area contributed by atoms with Crippen LogP contribution in [0.4, 0.5) is 0 Å². The van der Waals surface area contributed by atoms with Crippen LogP contribution in [0.1, 0.15) is 22.3 Å². The molecule has 0 spiro atoms. The molecule has 0 bridgehead atoms. The Morgan fingerprint density at radius 1 is 0.452 bits per heavy atom. The van der Waals surface area contributed by atoms with Crippen molar-refractivity contribution in [3.8, 4) is 23.0 Å². The van der Waals surface area contributed by atoms with Crippen molar-refractivity contribution < 1.29 is 14.9 Å². The number of rotatable bonds is 8. The number of phenols is 2. The van der Waals surface area contributed by atoms with E-state index in [-0.39, 0.29) is 0 Å². The van der Waals surface area contributed by atoms with Gasteiger partial charge in [-0.2, -0.15) is 0 Å². The normalized spacial score (nSPS) is 10.7. The first-order valence-corrected chi connectivity index (χ1v) is 10.6. The lowest BCUT2D eigenvalue weighted by Crippen LogP contribution is -1.93. The summed E-state index contributed by atoms with van der Waals surface area (Å²) in [5.41, 5.74) is 4.88. The van der Waals surface area contributed by atoms with Crippen molar-refractivity contribution in [1.29, 1.82) is 0 Å². The van der Waals surface area contributed by atoms with Crippen LogP contribution in [0.25, 0.3) is 0 Å². The van der Waals surface area contributed by atoms with Crippen molar-refractivity contribution in [2.45, 2.75) is 25.7 Å². The zero-order valence-electron chi connectivity index (χ0n) is 17.4. The summed E-state index contributed by atoms with van der Waals surface area (Å²) >= 11 is 0. The first-order chi connectivity index (χ1) is 15.1. The van der Waals surface area contributed by atoms with E-state index in [4.69, 9.17) is 4.74 Å². The molecule has 0 radical (unpaired) electrons. The Balaban J connectivity index is 1.31. The van der Waals surface area contributed by atoms with Gasteiger partial charge in [-0.1, -0.05) is 48.5 Å². The molecule has 4 aromatic carbocycles. The molecule has 4 rings (SSSR count). The zero-order chi connectivity index (χ0) is 21.5. The molecule has 0 fully saturated rings. The van der Waals surface area contributed by atoms with Crippen LogP contribution in [0.3, 0.4) is 0 Å². The van der Waals surface area contributed by atoms with Crippen molar-refractivity contribution in [1.82, 2.24) is 0 Å². The molecule has 3 nitrogen and oxygen atoms in total. The summed E-state index contributed by atoms with van der Waals surface area (Å²) in [4.78, 5) is 0. The quantitative estimate of drug-likeness (QED) is 0.350. The molecule has 156 valence electrons. The predicted octanol–water partition coefficient (Wildman–Crippen LogP) is 6.46. The molecule has 3 heteroatoms. The number of benzene rings is 4. The molecule has 0 heterocycles. The van der Waals surface area contributed by atoms with Crippen molar-refractivity contribution in [3.05, 3.63) is 119 Å². The topological polar surface area (TPSA) is 49.7 Å². The average Bonchev–Trinajstić information content (AvgIpc) is 2.80. The molecule has 0 aliphatic rings. The first-order valence-electron chi connectivity index (χ1n) is 10.6. The number of phenolic OH excluding ortho intramolecular Hbond substituents is 2. The van der Waals surface area contributed by atoms with Crippen molar-refractivity contribution in [3.63, 3.8) is 0 Å². The lowest BCUT2D eigenvalue weighted by molar-refractivity contribution is 0.474. The molecule has 0 aliphatic carbocycles. The fourth-order valence-corrected chi connectivity index (χ4v) is 3.53. The van der Waals surface area contributed by atoms with E-state index in [1.165, 1.54) is 22.3 Å². The van der Waals surface area contributed by atoms with E-state index in [9.17, 15) is 10.2 Å². The molecule has 0 unspecified atom stereocenters. The second-order valence-corrected chi connectivity index (χ2v) is 7.73. The maximum absolute atomic E-state index is 9.40. The minimum Gasteiger partial charge on any atom is -0.508 e. The van der Waals surface area contributed by atoms with Crippen LogP contribution in [-0.2, 0) is 25.7 Å². The van der Waals surface area contributed by atoms with Crippen molar-refractivity contribution >= 4 is 0 Å². The third-order valence-corrected chi connectivity index (χ3v) is 5.33. The monoisotopic (exact) mass is 410 g/mol. The summed E-state index contributed by atoms with van der Waals surface area (Å²) in [5, 5.41) is 18.8. The second kappa shape index (κ2) is 9.86. The van der Waals surface area contributed by atoms with Gasteiger partial charge in [0.15, 0.2) is 0 Å². The lowest BCUT2D eigenvalue weighted by atomic mass is 10.0. The van der Waals surface area contributed by atoms with Crippen LogP contribution < -0.4 is 4.74 Å². The van der Waals surface area contributed by atoms with Gasteiger partial charge in [-0.3, -0.25) is 0 Å². The second-order valence-electron chi connectivity index (χ2n) is 7.73. The Morgan fingerprint density at radius 2 is 0.903 bits per heavy atom. The maximum Gasteiger partial charge on any atom is 0.127 e. The SMILES string of the molecule is Oc1ccc(CCc2ccc(Oc3cccc(CCc4ccc(O)cc4)c3)cc2)cc1. The van der Waals surface area contributed by atoms with E-state index in [1.54, 1.807) is 24.3 Å². The van der Waals surface area contributed by atoms with Gasteiger partial charge in [0.2, 0.25) is 0 Å². The fourth-order valence-electron chi connectivity index (χ4n) is 3.53. The molecule has 0 aromatic heterocycles. The van der Waals surface area contributed by atoms with Crippen LogP contribution in [0.15, 0.2) is 97.1 Å². The molecule has 0 aliphatic heterocycles. The molecule has 0 saturated heterocycles. The van der Waals surface area contributed by atoms with Crippen LogP contribution in [0, 0.1) is 0 Å². The largest absolute Gasteiger partial charge is 0.508 e. The average molecular weight is 411 g/mol. The Kier molecular flexibility index (Phi) is 6.53. The summed E-state index contributed by atoms with van der Waals surface area (Å²) < 4.78 is 6.06. The third-order valence-electron chi connectivity index (χ3n) is 5.33. The van der Waals surface area contributed by atoms with Gasteiger partial charge in [-0.15, -0.1) is 0 Å². The highest BCUT2D eigenvalue weighted by Crippen LogP contribution is 2.24. The van der Waals surface area contributed by atoms with E-state index in [1.807, 2.05) is 48.5 Å². The van der Waals surface area contributed by atoms with Crippen LogP contribution in [-0.4, -0.2) is 10.2 Å². The summed E-state index contributed by atoms with van der Waals surface area (Å²) in [6.45, 7) is 0. The number of hydrogen-bond donors (Lipinski definition) is 2. The Labute approximate surface area is 183 Å². The van der Waals surface area contributed by atoms with Gasteiger partial charge in [0.1, 0.15) is 23.0 Å². The van der Waals surface area contributed by atoms with Crippen molar-refractivity contribution in [2.75, 3.05) is 0 Å². The van der Waals surface area contributed by atoms with E-state index in [2.05, 4.69) is 24.3 Å². The summed E-state index contributed by atoms with van der Waals surface area (Å²) in [6, 6.07) is 31.2. The van der Waals surface area contributed by atoms with E-state index < -0.39 is 0 Å². The van der Waals surface area contributed by atoms with Gasteiger partial charge in [0.05, 0.1) is 0 Å². The van der Waals surface area contributed by atoms with E-state index in [0.29, 0.717) is 11.5 Å². The highest BCUT2D eigenvalue weighted by atomic mass is 16.5. The minimum absolute atomic E-state index is 0.297. The summed E-state index contributed by atoms with van der Waals surface area (Å²) in [7, 11) is 0. The van der Waals surface area contributed by atoms with Gasteiger partial charge in [0.25, 0.3) is 0 Å². The Morgan fingerprint density at radius 3 is 1.42 bits per heavy atom. The minimum atomic E-state index is 0.297. The predicted molar refractivity (Wildman–Crippen MR) is 124 cm³/mol. The van der Waals surface area contributed by atoms with Crippen LogP contribution in [0.2, 0.25) is 0 Å². The standard InChI is InChI=1S/C28H26O3/c29-25-14-8-21(9-15-25)4-5-23-12-18-27(19-13-23)31-28-3-1-2-24(20-28)7-6-22-10-16-26(30)17-11-22/h1-3,8-20,29-30H,4-7H2. The highest BCUT2D eigenvalue weighted by Gasteiger charge is 2.02. The number of aryl methyl sites for hydroxylation is 4. The van der Waals surface area contributed by atoms with Gasteiger partial charge in [-0.25, -0.2) is 0 Å².